The summed E-state index contributed by atoms with van der Waals surface area (Å²) in [5.41, 5.74) is 1.64. The smallest absolute Gasteiger partial charge is 0.279 e. The van der Waals surface area contributed by atoms with E-state index in [0.717, 1.165) is 5.57 Å². The molecule has 0 fully saturated rings. The fraction of sp³-hybridized carbons (Fsp3) is 0.105. The van der Waals surface area contributed by atoms with Crippen molar-refractivity contribution < 1.29 is 10.2 Å². The zero-order chi connectivity index (χ0) is 19.9. The minimum absolute atomic E-state index is 0.252. The minimum Gasteiger partial charge on any atom is -0.504 e. The molecule has 3 aromatic rings. The Labute approximate surface area is 172 Å². The molecule has 0 aliphatic heterocycles. The first kappa shape index (κ1) is 19.6. The molecular formula is C19H15BrCl2N2O3. The minimum atomic E-state index is -0.302. The lowest BCUT2D eigenvalue weighted by molar-refractivity contribution is 0.403. The topological polar surface area (TPSA) is 78.2 Å². The molecule has 0 saturated carbocycles. The number of hydrogen-bond donors (Lipinski definition) is 3. The van der Waals surface area contributed by atoms with Crippen LogP contribution in [0, 0.1) is 0 Å². The lowest BCUT2D eigenvalue weighted by atomic mass is 10.1. The van der Waals surface area contributed by atoms with Crippen LogP contribution in [0.1, 0.15) is 19.4 Å². The van der Waals surface area contributed by atoms with Gasteiger partial charge < -0.3 is 10.2 Å². The lowest BCUT2D eigenvalue weighted by Crippen LogP contribution is -2.35. The van der Waals surface area contributed by atoms with Gasteiger partial charge in [-0.2, -0.15) is 0 Å². The van der Waals surface area contributed by atoms with Gasteiger partial charge in [-0.3, -0.25) is 9.89 Å². The van der Waals surface area contributed by atoms with Gasteiger partial charge in [0.25, 0.3) is 5.56 Å². The molecule has 0 bridgehead atoms. The van der Waals surface area contributed by atoms with E-state index in [0.29, 0.717) is 36.3 Å². The molecule has 0 unspecified atom stereocenters. The highest BCUT2D eigenvalue weighted by molar-refractivity contribution is 9.10. The van der Waals surface area contributed by atoms with Crippen molar-refractivity contribution in [2.24, 2.45) is 0 Å². The van der Waals surface area contributed by atoms with Gasteiger partial charge in [0, 0.05) is 14.5 Å². The average molecular weight is 470 g/mol. The van der Waals surface area contributed by atoms with Crippen LogP contribution in [0.15, 0.2) is 39.6 Å². The van der Waals surface area contributed by atoms with Gasteiger partial charge in [0.2, 0.25) is 0 Å². The van der Waals surface area contributed by atoms with Crippen molar-refractivity contribution >= 4 is 50.8 Å². The number of phenolic OH excluding ortho intramolecular Hbond substituents is 2. The summed E-state index contributed by atoms with van der Waals surface area (Å²) in [6, 6.07) is 7.59. The molecule has 140 valence electrons. The lowest BCUT2D eigenvalue weighted by Gasteiger charge is -2.03. The van der Waals surface area contributed by atoms with E-state index in [1.54, 1.807) is 24.3 Å². The quantitative estimate of drug-likeness (QED) is 0.501. The van der Waals surface area contributed by atoms with Crippen molar-refractivity contribution in [2.45, 2.75) is 13.8 Å². The molecule has 5 nitrogen and oxygen atoms in total. The number of aromatic hydroxyl groups is 2. The molecule has 2 aromatic carbocycles. The largest absolute Gasteiger partial charge is 0.504 e. The number of rotatable bonds is 2. The van der Waals surface area contributed by atoms with Crippen LogP contribution in [-0.4, -0.2) is 20.0 Å². The molecule has 0 aliphatic carbocycles. The maximum Gasteiger partial charge on any atom is 0.279 e. The zero-order valence-electron chi connectivity index (χ0n) is 14.3. The van der Waals surface area contributed by atoms with E-state index < -0.39 is 0 Å². The standard InChI is InChI=1S/C19H15BrCl2N2O3/c1-9(2)18-14(3-10-4-16(25)17(26)8-15(10)20)19(27)24(23-18)13-6-11(21)5-12(22)7-13/h3-8,23,25-26H,1-2H3. The molecule has 0 spiro atoms. The monoisotopic (exact) mass is 468 g/mol. The molecule has 0 saturated heterocycles. The van der Waals surface area contributed by atoms with Crippen LogP contribution in [-0.2, 0) is 0 Å². The van der Waals surface area contributed by atoms with Crippen LogP contribution in [0.4, 0.5) is 0 Å². The maximum absolute atomic E-state index is 13.1. The summed E-state index contributed by atoms with van der Waals surface area (Å²) in [6.07, 6.45) is 1.63. The summed E-state index contributed by atoms with van der Waals surface area (Å²) in [5, 5.41) is 24.3. The summed E-state index contributed by atoms with van der Waals surface area (Å²) in [5.74, 6) is -0.529. The summed E-state index contributed by atoms with van der Waals surface area (Å²) in [6.45, 7) is 3.75. The molecule has 1 heterocycles. The molecule has 27 heavy (non-hydrogen) atoms. The molecule has 0 atom stereocenters. The molecule has 1 aromatic heterocycles. The van der Waals surface area contributed by atoms with E-state index in [9.17, 15) is 15.0 Å². The van der Waals surface area contributed by atoms with Crippen LogP contribution < -0.4 is 16.1 Å². The third-order valence-electron chi connectivity index (χ3n) is 3.93. The van der Waals surface area contributed by atoms with Crippen molar-refractivity contribution in [3.63, 3.8) is 0 Å². The number of benzene rings is 2. The Morgan fingerprint density at radius 2 is 1.67 bits per heavy atom. The van der Waals surface area contributed by atoms with Gasteiger partial charge in [-0.05, 0) is 55.8 Å². The second-order valence-electron chi connectivity index (χ2n) is 6.18. The highest BCUT2D eigenvalue weighted by Gasteiger charge is 2.10. The molecule has 3 N–H and O–H groups in total. The van der Waals surface area contributed by atoms with Crippen LogP contribution in [0.5, 0.6) is 11.5 Å². The fourth-order valence-electron chi connectivity index (χ4n) is 2.65. The highest BCUT2D eigenvalue weighted by Crippen LogP contribution is 2.31. The number of halogens is 3. The van der Waals surface area contributed by atoms with Gasteiger partial charge >= 0.3 is 0 Å². The first-order chi connectivity index (χ1) is 12.7. The first-order valence-electron chi connectivity index (χ1n) is 7.85. The van der Waals surface area contributed by atoms with Gasteiger partial charge in [0.05, 0.1) is 16.3 Å². The van der Waals surface area contributed by atoms with Gasteiger partial charge in [0.15, 0.2) is 11.5 Å². The number of H-pyrrole nitrogens is 1. The molecule has 0 amide bonds. The number of aromatic nitrogens is 2. The normalized spacial score (nSPS) is 11.8. The van der Waals surface area contributed by atoms with E-state index in [-0.39, 0.29) is 17.1 Å². The average Bonchev–Trinajstić information content (AvgIpc) is 2.89. The Bertz CT molecular complexity index is 1200. The first-order valence-corrected chi connectivity index (χ1v) is 9.40. The Hall–Kier alpha value is -2.15. The van der Waals surface area contributed by atoms with Crippen LogP contribution in [0.3, 0.4) is 0 Å². The summed E-state index contributed by atoms with van der Waals surface area (Å²) >= 11 is 15.5. The van der Waals surface area contributed by atoms with Crippen LogP contribution in [0.25, 0.3) is 17.3 Å². The molecule has 8 heteroatoms. The van der Waals surface area contributed by atoms with Crippen molar-refractivity contribution in [2.75, 3.05) is 0 Å². The summed E-state index contributed by atoms with van der Waals surface area (Å²) in [7, 11) is 0. The van der Waals surface area contributed by atoms with E-state index in [4.69, 9.17) is 23.2 Å². The zero-order valence-corrected chi connectivity index (χ0v) is 17.4. The predicted molar refractivity (Wildman–Crippen MR) is 111 cm³/mol. The maximum atomic E-state index is 13.1. The second-order valence-corrected chi connectivity index (χ2v) is 7.90. The van der Waals surface area contributed by atoms with Crippen molar-refractivity contribution in [1.82, 2.24) is 9.78 Å². The van der Waals surface area contributed by atoms with Crippen molar-refractivity contribution in [3.05, 3.63) is 71.3 Å². The van der Waals surface area contributed by atoms with E-state index >= 15 is 0 Å². The summed E-state index contributed by atoms with van der Waals surface area (Å²) in [4.78, 5) is 13.1. The van der Waals surface area contributed by atoms with Crippen LogP contribution in [0.2, 0.25) is 10.0 Å². The molecule has 0 aliphatic rings. The van der Waals surface area contributed by atoms with Gasteiger partial charge in [-0.1, -0.05) is 44.7 Å². The molecule has 0 radical (unpaired) electrons. The van der Waals surface area contributed by atoms with Crippen molar-refractivity contribution in [3.8, 4) is 17.2 Å². The van der Waals surface area contributed by atoms with E-state index in [1.165, 1.54) is 16.8 Å². The Morgan fingerprint density at radius 3 is 2.26 bits per heavy atom. The Morgan fingerprint density at radius 1 is 1.07 bits per heavy atom. The predicted octanol–water partition coefficient (Wildman–Crippen LogP) is 3.67. The summed E-state index contributed by atoms with van der Waals surface area (Å²) < 4.78 is 1.90. The number of phenols is 2. The molecule has 3 rings (SSSR count). The second kappa shape index (κ2) is 7.46. The van der Waals surface area contributed by atoms with Gasteiger partial charge in [-0.15, -0.1) is 0 Å². The Kier molecular flexibility index (Phi) is 5.42. The third kappa shape index (κ3) is 3.93. The van der Waals surface area contributed by atoms with E-state index in [2.05, 4.69) is 21.0 Å². The highest BCUT2D eigenvalue weighted by atomic mass is 79.9. The van der Waals surface area contributed by atoms with Gasteiger partial charge in [0.1, 0.15) is 0 Å². The fourth-order valence-corrected chi connectivity index (χ4v) is 3.61. The number of nitrogens with one attached hydrogen (secondary N) is 1. The molecular weight excluding hydrogens is 455 g/mol. The number of hydrogen-bond acceptors (Lipinski definition) is 3. The third-order valence-corrected chi connectivity index (χ3v) is 5.05. The Balaban J connectivity index is 2.35. The van der Waals surface area contributed by atoms with Gasteiger partial charge in [-0.25, -0.2) is 4.68 Å². The van der Waals surface area contributed by atoms with Crippen molar-refractivity contribution in [1.29, 1.82) is 0 Å². The van der Waals surface area contributed by atoms with Crippen LogP contribution >= 0.6 is 39.1 Å². The number of aromatic amines is 1. The SMILES string of the molecule is CC(C)=c1[nH]n(-c2cc(Cl)cc(Cl)c2)c(=O)c1=Cc1cc(O)c(O)cc1Br. The van der Waals surface area contributed by atoms with E-state index in [1.807, 2.05) is 13.8 Å². The number of nitrogens with zero attached hydrogens (tertiary/aromatic N) is 1.